The molecule has 34 heavy (non-hydrogen) atoms. The van der Waals surface area contributed by atoms with E-state index in [4.69, 9.17) is 14.2 Å². The molecule has 3 heterocycles. The molecule has 0 N–H and O–H groups in total. The quantitative estimate of drug-likeness (QED) is 0.368. The molecule has 3 rings (SSSR count). The maximum absolute atomic E-state index is 9.33. The number of methoxy groups -OCH3 is 1. The lowest BCUT2D eigenvalue weighted by Gasteiger charge is -2.32. The van der Waals surface area contributed by atoms with Crippen LogP contribution in [0.25, 0.3) is 0 Å². The molecule has 1 saturated heterocycles. The van der Waals surface area contributed by atoms with E-state index in [0.29, 0.717) is 29.2 Å². The summed E-state index contributed by atoms with van der Waals surface area (Å²) < 4.78 is 17.5. The molecule has 1 aliphatic heterocycles. The molecule has 0 saturated carbocycles. The molecule has 0 aromatic carbocycles. The van der Waals surface area contributed by atoms with Crippen molar-refractivity contribution in [3.63, 3.8) is 0 Å². The van der Waals surface area contributed by atoms with Gasteiger partial charge >= 0.3 is 0 Å². The van der Waals surface area contributed by atoms with E-state index >= 15 is 0 Å². The molecule has 180 valence electrons. The molecule has 1 atom stereocenters. The van der Waals surface area contributed by atoms with Gasteiger partial charge in [-0.1, -0.05) is 37.8 Å². The smallest absolute Gasteiger partial charge is 0.157 e. The van der Waals surface area contributed by atoms with Crippen LogP contribution in [0.15, 0.2) is 36.4 Å². The number of nitrogens with zero attached hydrogens (tertiary/aromatic N) is 4. The van der Waals surface area contributed by atoms with Crippen LogP contribution in [0.5, 0.6) is 0 Å². The molecule has 1 unspecified atom stereocenters. The summed E-state index contributed by atoms with van der Waals surface area (Å²) >= 11 is 0. The number of rotatable bonds is 13. The molecule has 1 fully saturated rings. The van der Waals surface area contributed by atoms with Crippen molar-refractivity contribution in [3.05, 3.63) is 59.2 Å². The van der Waals surface area contributed by atoms with Gasteiger partial charge in [-0.25, -0.2) is 9.97 Å². The topological polar surface area (TPSA) is 101 Å². The molecule has 2 aromatic heterocycles. The minimum absolute atomic E-state index is 0.00259. The number of aromatic nitrogens is 2. The lowest BCUT2D eigenvalue weighted by atomic mass is 9.87. The number of unbranched alkanes of at least 4 members (excludes halogenated alkanes) is 5. The Labute approximate surface area is 202 Å². The third kappa shape index (κ3) is 7.08. The molecule has 0 aliphatic carbocycles. The number of nitriles is 2. The average Bonchev–Trinajstić information content (AvgIpc) is 2.90. The molecule has 2 aromatic rings. The Kier molecular flexibility index (Phi) is 10.4. The minimum atomic E-state index is -0.909. The molecule has 0 amide bonds. The minimum Gasteiger partial charge on any atom is -0.366 e. The van der Waals surface area contributed by atoms with Crippen LogP contribution in [-0.4, -0.2) is 36.6 Å². The van der Waals surface area contributed by atoms with Gasteiger partial charge in [0.2, 0.25) is 0 Å². The van der Waals surface area contributed by atoms with Crippen molar-refractivity contribution in [2.24, 2.45) is 0 Å². The molecular weight excluding hydrogens is 428 g/mol. The van der Waals surface area contributed by atoms with Crippen molar-refractivity contribution in [2.75, 3.05) is 20.3 Å². The van der Waals surface area contributed by atoms with Gasteiger partial charge in [-0.05, 0) is 62.8 Å². The van der Waals surface area contributed by atoms with E-state index in [1.165, 1.54) is 6.42 Å². The van der Waals surface area contributed by atoms with Crippen LogP contribution in [0.3, 0.4) is 0 Å². The van der Waals surface area contributed by atoms with Crippen LogP contribution >= 0.6 is 0 Å². The van der Waals surface area contributed by atoms with Gasteiger partial charge in [0, 0.05) is 20.3 Å². The highest BCUT2D eigenvalue weighted by Crippen LogP contribution is 2.36. The van der Waals surface area contributed by atoms with Crippen LogP contribution in [-0.2, 0) is 19.8 Å². The highest BCUT2D eigenvalue weighted by molar-refractivity contribution is 5.34. The predicted molar refractivity (Wildman–Crippen MR) is 128 cm³/mol. The highest BCUT2D eigenvalue weighted by Gasteiger charge is 2.37. The van der Waals surface area contributed by atoms with Crippen LogP contribution < -0.4 is 0 Å². The molecule has 0 spiro atoms. The average molecular weight is 463 g/mol. The summed E-state index contributed by atoms with van der Waals surface area (Å²) in [5.74, 6) is 0. The van der Waals surface area contributed by atoms with Crippen molar-refractivity contribution in [1.29, 1.82) is 10.5 Å². The van der Waals surface area contributed by atoms with Gasteiger partial charge in [0.1, 0.15) is 23.5 Å². The van der Waals surface area contributed by atoms with Crippen LogP contribution in [0.1, 0.15) is 87.0 Å². The van der Waals surface area contributed by atoms with Gasteiger partial charge in [0.05, 0.1) is 11.4 Å². The first-order valence-corrected chi connectivity index (χ1v) is 12.3. The van der Waals surface area contributed by atoms with Crippen molar-refractivity contribution < 1.29 is 14.2 Å². The van der Waals surface area contributed by atoms with Crippen LogP contribution in [0.4, 0.5) is 0 Å². The summed E-state index contributed by atoms with van der Waals surface area (Å²) in [4.78, 5) is 9.04. The third-order valence-corrected chi connectivity index (χ3v) is 6.27. The van der Waals surface area contributed by atoms with E-state index in [1.807, 2.05) is 24.3 Å². The van der Waals surface area contributed by atoms with E-state index in [-0.39, 0.29) is 6.29 Å². The number of ether oxygens (including phenoxy) is 3. The Morgan fingerprint density at radius 1 is 0.912 bits per heavy atom. The van der Waals surface area contributed by atoms with Crippen molar-refractivity contribution >= 4 is 0 Å². The normalized spacial score (nSPS) is 16.0. The summed E-state index contributed by atoms with van der Waals surface area (Å²) in [5, 5.41) is 18.7. The zero-order valence-electron chi connectivity index (χ0n) is 20.0. The summed E-state index contributed by atoms with van der Waals surface area (Å²) in [6.45, 7) is 1.58. The Morgan fingerprint density at radius 3 is 2.09 bits per heavy atom. The van der Waals surface area contributed by atoms with Crippen LogP contribution in [0, 0.1) is 22.7 Å². The Bertz CT molecular complexity index is 919. The van der Waals surface area contributed by atoms with Gasteiger partial charge in [-0.15, -0.1) is 0 Å². The van der Waals surface area contributed by atoms with Gasteiger partial charge in [-0.2, -0.15) is 10.5 Å². The number of hydrogen-bond donors (Lipinski definition) is 0. The second-order valence-electron chi connectivity index (χ2n) is 8.61. The fraction of sp³-hybridized carbons (Fsp3) is 0.556. The Balaban J connectivity index is 1.54. The van der Waals surface area contributed by atoms with Gasteiger partial charge in [-0.3, -0.25) is 0 Å². The lowest BCUT2D eigenvalue weighted by molar-refractivity contribution is -0.162. The zero-order chi connectivity index (χ0) is 24.1. The summed E-state index contributed by atoms with van der Waals surface area (Å²) in [6, 6.07) is 14.9. The van der Waals surface area contributed by atoms with Gasteiger partial charge in [0.25, 0.3) is 0 Å². The van der Waals surface area contributed by atoms with E-state index < -0.39 is 5.60 Å². The second kappa shape index (κ2) is 13.8. The fourth-order valence-corrected chi connectivity index (χ4v) is 4.38. The van der Waals surface area contributed by atoms with Gasteiger partial charge < -0.3 is 14.2 Å². The van der Waals surface area contributed by atoms with E-state index in [9.17, 15) is 10.5 Å². The van der Waals surface area contributed by atoms with Gasteiger partial charge in [0.15, 0.2) is 11.9 Å². The number of hydrogen-bond acceptors (Lipinski definition) is 7. The monoisotopic (exact) mass is 462 g/mol. The van der Waals surface area contributed by atoms with Crippen molar-refractivity contribution in [2.45, 2.75) is 76.1 Å². The van der Waals surface area contributed by atoms with E-state index in [2.05, 4.69) is 22.1 Å². The predicted octanol–water partition coefficient (Wildman–Crippen LogP) is 5.38. The Hall–Kier alpha value is -2.84. The largest absolute Gasteiger partial charge is 0.366 e. The fourth-order valence-electron chi connectivity index (χ4n) is 4.38. The molecule has 7 heteroatoms. The summed E-state index contributed by atoms with van der Waals surface area (Å²) in [7, 11) is 1.64. The van der Waals surface area contributed by atoms with Crippen LogP contribution in [0.2, 0.25) is 0 Å². The first kappa shape index (κ1) is 25.8. The highest BCUT2D eigenvalue weighted by atomic mass is 16.7. The van der Waals surface area contributed by atoms with Crippen molar-refractivity contribution in [3.8, 4) is 12.1 Å². The standard InChI is InChI=1S/C27H34N4O3/c1-32-27(24-14-10-12-22(20-28)30-24,25-15-11-13-23(21-29)31-25)17-7-4-2-3-5-8-18-33-26-16-6-9-19-34-26/h10-15,26H,2-9,16-19H2,1H3. The molecule has 7 nitrogen and oxygen atoms in total. The lowest BCUT2D eigenvalue weighted by Crippen LogP contribution is -2.33. The summed E-state index contributed by atoms with van der Waals surface area (Å²) in [5.41, 5.74) is 1.03. The first-order valence-electron chi connectivity index (χ1n) is 12.3. The maximum atomic E-state index is 9.33. The SMILES string of the molecule is COC(CCCCCCCCOC1CCCCO1)(c1cccc(C#N)n1)c1cccc(C#N)n1. The second-order valence-corrected chi connectivity index (χ2v) is 8.61. The van der Waals surface area contributed by atoms with Crippen molar-refractivity contribution in [1.82, 2.24) is 9.97 Å². The first-order chi connectivity index (χ1) is 16.7. The summed E-state index contributed by atoms with van der Waals surface area (Å²) in [6.07, 6.45) is 10.4. The maximum Gasteiger partial charge on any atom is 0.157 e. The molecular formula is C27H34N4O3. The zero-order valence-corrected chi connectivity index (χ0v) is 20.0. The third-order valence-electron chi connectivity index (χ3n) is 6.27. The van der Waals surface area contributed by atoms with E-state index in [0.717, 1.165) is 64.6 Å². The molecule has 0 bridgehead atoms. The number of pyridine rings is 2. The van der Waals surface area contributed by atoms with E-state index in [1.54, 1.807) is 19.2 Å². The Morgan fingerprint density at radius 2 is 1.53 bits per heavy atom. The molecule has 0 radical (unpaired) electrons. The molecule has 1 aliphatic rings.